The molecule has 1 atom stereocenters. The largest absolute Gasteiger partial charge is 0.469 e. The summed E-state index contributed by atoms with van der Waals surface area (Å²) in [7, 11) is 0. The van der Waals surface area contributed by atoms with Gasteiger partial charge >= 0.3 is 5.97 Å². The number of rotatable bonds is 6. The molecule has 0 saturated carbocycles. The first-order valence-electron chi connectivity index (χ1n) is 7.58. The number of ether oxygens (including phenoxy) is 1. The summed E-state index contributed by atoms with van der Waals surface area (Å²) in [5, 5.41) is 2.88. The summed E-state index contributed by atoms with van der Waals surface area (Å²) in [5.74, 6) is -0.414. The van der Waals surface area contributed by atoms with Gasteiger partial charge in [0.05, 0.1) is 12.3 Å². The Morgan fingerprint density at radius 2 is 1.87 bits per heavy atom. The van der Waals surface area contributed by atoms with Crippen LogP contribution in [0.2, 0.25) is 0 Å². The maximum Gasteiger partial charge on any atom is 0.342 e. The zero-order chi connectivity index (χ0) is 16.8. The number of nitrogens with one attached hydrogen (secondary N) is 1. The molecule has 0 aliphatic carbocycles. The number of esters is 1. The van der Waals surface area contributed by atoms with Gasteiger partial charge in [-0.15, -0.1) is 0 Å². The van der Waals surface area contributed by atoms with E-state index < -0.39 is 5.97 Å². The van der Waals surface area contributed by atoms with Crippen molar-refractivity contribution in [3.8, 4) is 0 Å². The highest BCUT2D eigenvalue weighted by atomic mass is 16.5. The van der Waals surface area contributed by atoms with Crippen molar-refractivity contribution in [1.82, 2.24) is 5.32 Å². The topological polar surface area (TPSA) is 68.5 Å². The molecule has 5 heteroatoms. The molecule has 0 spiro atoms. The second-order valence-corrected chi connectivity index (χ2v) is 5.41. The van der Waals surface area contributed by atoms with E-state index in [0.717, 1.165) is 12.0 Å². The summed E-state index contributed by atoms with van der Waals surface area (Å²) in [4.78, 5) is 23.8. The quantitative estimate of drug-likeness (QED) is 0.830. The third-order valence-corrected chi connectivity index (χ3v) is 3.64. The van der Waals surface area contributed by atoms with Gasteiger partial charge in [0.2, 0.25) is 0 Å². The maximum absolute atomic E-state index is 12.0. The summed E-state index contributed by atoms with van der Waals surface area (Å²) in [6, 6.07) is 9.42. The summed E-state index contributed by atoms with van der Waals surface area (Å²) >= 11 is 0. The van der Waals surface area contributed by atoms with E-state index in [1.807, 2.05) is 38.1 Å². The second-order valence-electron chi connectivity index (χ2n) is 5.41. The summed E-state index contributed by atoms with van der Waals surface area (Å²) < 4.78 is 10.1. The van der Waals surface area contributed by atoms with Crippen LogP contribution >= 0.6 is 0 Å². The molecule has 1 amide bonds. The number of aryl methyl sites for hydroxylation is 2. The Balaban J connectivity index is 1.89. The second kappa shape index (κ2) is 7.63. The van der Waals surface area contributed by atoms with Gasteiger partial charge in [-0.2, -0.15) is 0 Å². The van der Waals surface area contributed by atoms with Crippen LogP contribution in [-0.2, 0) is 9.53 Å². The van der Waals surface area contributed by atoms with Gasteiger partial charge in [0.1, 0.15) is 11.3 Å². The van der Waals surface area contributed by atoms with E-state index in [1.54, 1.807) is 6.92 Å². The molecule has 0 bridgehead atoms. The molecule has 0 saturated heterocycles. The lowest BCUT2D eigenvalue weighted by molar-refractivity contribution is -0.125. The van der Waals surface area contributed by atoms with E-state index in [2.05, 4.69) is 5.32 Å². The molecule has 2 rings (SSSR count). The minimum absolute atomic E-state index is 0.0996. The Morgan fingerprint density at radius 1 is 1.17 bits per heavy atom. The van der Waals surface area contributed by atoms with E-state index in [4.69, 9.17) is 9.15 Å². The number of hydrogen-bond donors (Lipinski definition) is 1. The predicted molar refractivity (Wildman–Crippen MR) is 86.1 cm³/mol. The van der Waals surface area contributed by atoms with Crippen molar-refractivity contribution < 1.29 is 18.7 Å². The van der Waals surface area contributed by atoms with Gasteiger partial charge in [0, 0.05) is 0 Å². The third-order valence-electron chi connectivity index (χ3n) is 3.64. The average Bonchev–Trinajstić information content (AvgIpc) is 2.97. The number of amides is 1. The monoisotopic (exact) mass is 315 g/mol. The number of carbonyl (C=O) groups excluding carboxylic acids is 2. The van der Waals surface area contributed by atoms with Crippen molar-refractivity contribution in [2.24, 2.45) is 0 Å². The molecule has 0 unspecified atom stereocenters. The first kappa shape index (κ1) is 16.8. The lowest BCUT2D eigenvalue weighted by Crippen LogP contribution is -2.32. The first-order chi connectivity index (χ1) is 11.0. The fraction of sp³-hybridized carbons (Fsp3) is 0.333. The van der Waals surface area contributed by atoms with Crippen LogP contribution in [0.1, 0.15) is 46.6 Å². The summed E-state index contributed by atoms with van der Waals surface area (Å²) in [5.41, 5.74) is 2.53. The number of furan rings is 1. The average molecular weight is 315 g/mol. The maximum atomic E-state index is 12.0. The molecule has 1 heterocycles. The molecule has 122 valence electrons. The molecule has 2 aromatic rings. The van der Waals surface area contributed by atoms with Crippen LogP contribution in [0, 0.1) is 13.8 Å². The minimum Gasteiger partial charge on any atom is -0.469 e. The molecule has 23 heavy (non-hydrogen) atoms. The smallest absolute Gasteiger partial charge is 0.342 e. The highest BCUT2D eigenvalue weighted by Gasteiger charge is 2.17. The zero-order valence-corrected chi connectivity index (χ0v) is 13.6. The fourth-order valence-electron chi connectivity index (χ4n) is 2.26. The van der Waals surface area contributed by atoms with Crippen LogP contribution in [0.15, 0.2) is 41.0 Å². The highest BCUT2D eigenvalue weighted by molar-refractivity contribution is 5.92. The van der Waals surface area contributed by atoms with Crippen molar-refractivity contribution in [3.05, 3.63) is 59.0 Å². The van der Waals surface area contributed by atoms with E-state index in [0.29, 0.717) is 11.3 Å². The van der Waals surface area contributed by atoms with Crippen LogP contribution in [0.5, 0.6) is 0 Å². The Morgan fingerprint density at radius 3 is 2.43 bits per heavy atom. The Kier molecular flexibility index (Phi) is 5.57. The minimum atomic E-state index is -0.560. The Hall–Kier alpha value is -2.56. The van der Waals surface area contributed by atoms with Crippen LogP contribution in [0.4, 0.5) is 0 Å². The highest BCUT2D eigenvalue weighted by Crippen LogP contribution is 2.17. The van der Waals surface area contributed by atoms with Gasteiger partial charge < -0.3 is 14.5 Å². The van der Waals surface area contributed by atoms with Crippen molar-refractivity contribution >= 4 is 11.9 Å². The van der Waals surface area contributed by atoms with Gasteiger partial charge in [-0.05, 0) is 31.9 Å². The molecular formula is C18H21NO4. The fourth-order valence-corrected chi connectivity index (χ4v) is 2.26. The molecule has 0 fully saturated rings. The van der Waals surface area contributed by atoms with Crippen molar-refractivity contribution in [1.29, 1.82) is 0 Å². The zero-order valence-electron chi connectivity index (χ0n) is 13.6. The SMILES string of the molecule is CC[C@@H](NC(=O)COC(=O)c1ccoc1C)c1ccc(C)cc1. The van der Waals surface area contributed by atoms with E-state index in [-0.39, 0.29) is 18.6 Å². The molecular weight excluding hydrogens is 294 g/mol. The molecule has 1 N–H and O–H groups in total. The number of benzene rings is 1. The Bertz CT molecular complexity index is 673. The third kappa shape index (κ3) is 4.45. The summed E-state index contributed by atoms with van der Waals surface area (Å²) in [6.07, 6.45) is 2.17. The van der Waals surface area contributed by atoms with Crippen molar-refractivity contribution in [3.63, 3.8) is 0 Å². The van der Waals surface area contributed by atoms with Crippen molar-refractivity contribution in [2.75, 3.05) is 6.61 Å². The van der Waals surface area contributed by atoms with Crippen molar-refractivity contribution in [2.45, 2.75) is 33.2 Å². The Labute approximate surface area is 135 Å². The van der Waals surface area contributed by atoms with Crippen LogP contribution < -0.4 is 5.32 Å². The standard InChI is InChI=1S/C18H21NO4/c1-4-16(14-7-5-12(2)6-8-14)19-17(20)11-23-18(21)15-9-10-22-13(15)3/h5-10,16H,4,11H2,1-3H3,(H,19,20)/t16-/m1/s1. The molecule has 1 aromatic heterocycles. The molecule has 0 radical (unpaired) electrons. The van der Waals surface area contributed by atoms with Gasteiger partial charge in [-0.1, -0.05) is 36.8 Å². The van der Waals surface area contributed by atoms with Gasteiger partial charge in [-0.25, -0.2) is 4.79 Å². The van der Waals surface area contributed by atoms with Crippen LogP contribution in [0.25, 0.3) is 0 Å². The summed E-state index contributed by atoms with van der Waals surface area (Å²) in [6.45, 7) is 5.36. The van der Waals surface area contributed by atoms with E-state index in [1.165, 1.54) is 17.9 Å². The van der Waals surface area contributed by atoms with E-state index in [9.17, 15) is 9.59 Å². The first-order valence-corrected chi connectivity index (χ1v) is 7.58. The van der Waals surface area contributed by atoms with Gasteiger partial charge in [-0.3, -0.25) is 4.79 Å². The predicted octanol–water partition coefficient (Wildman–Crippen LogP) is 3.32. The number of hydrogen-bond acceptors (Lipinski definition) is 4. The van der Waals surface area contributed by atoms with E-state index >= 15 is 0 Å². The normalized spacial score (nSPS) is 11.8. The van der Waals surface area contributed by atoms with Crippen LogP contribution in [0.3, 0.4) is 0 Å². The molecule has 0 aliphatic rings. The van der Waals surface area contributed by atoms with Gasteiger partial charge in [0.15, 0.2) is 6.61 Å². The molecule has 0 aliphatic heterocycles. The van der Waals surface area contributed by atoms with Crippen LogP contribution in [-0.4, -0.2) is 18.5 Å². The van der Waals surface area contributed by atoms with Gasteiger partial charge in [0.25, 0.3) is 5.91 Å². The molecule has 1 aromatic carbocycles. The molecule has 5 nitrogen and oxygen atoms in total. The lowest BCUT2D eigenvalue weighted by Gasteiger charge is -2.17. The number of carbonyl (C=O) groups is 2. The lowest BCUT2D eigenvalue weighted by atomic mass is 10.0.